The summed E-state index contributed by atoms with van der Waals surface area (Å²) < 4.78 is 5.52. The maximum atomic E-state index is 10.1. The van der Waals surface area contributed by atoms with Crippen molar-refractivity contribution >= 4 is 0 Å². The van der Waals surface area contributed by atoms with Crippen molar-refractivity contribution in [3.05, 3.63) is 52.6 Å². The molecular formula is C17H26N2O4. The molecule has 0 spiro atoms. The van der Waals surface area contributed by atoms with E-state index in [1.165, 1.54) is 0 Å². The fourth-order valence-corrected chi connectivity index (χ4v) is 2.81. The average Bonchev–Trinajstić information content (AvgIpc) is 2.56. The van der Waals surface area contributed by atoms with E-state index < -0.39 is 5.09 Å². The Balaban J connectivity index is 2.87. The van der Waals surface area contributed by atoms with Gasteiger partial charge >= 0.3 is 0 Å². The summed E-state index contributed by atoms with van der Waals surface area (Å²) in [5.41, 5.74) is 7.00. The summed E-state index contributed by atoms with van der Waals surface area (Å²) >= 11 is 0. The lowest BCUT2D eigenvalue weighted by atomic mass is 9.69. The van der Waals surface area contributed by atoms with Crippen LogP contribution in [0.2, 0.25) is 0 Å². The Morgan fingerprint density at radius 3 is 2.78 bits per heavy atom. The molecule has 23 heavy (non-hydrogen) atoms. The number of allylic oxidation sites excluding steroid dienone is 1. The van der Waals surface area contributed by atoms with E-state index in [0.29, 0.717) is 18.2 Å². The van der Waals surface area contributed by atoms with Crippen molar-refractivity contribution < 1.29 is 14.7 Å². The zero-order valence-electron chi connectivity index (χ0n) is 13.9. The minimum atomic E-state index is -0.827. The van der Waals surface area contributed by atoms with Crippen molar-refractivity contribution in [1.29, 1.82) is 0 Å². The van der Waals surface area contributed by atoms with Crippen LogP contribution in [-0.4, -0.2) is 24.8 Å². The van der Waals surface area contributed by atoms with Crippen LogP contribution in [0, 0.1) is 16.0 Å². The second kappa shape index (κ2) is 9.15. The monoisotopic (exact) mass is 322 g/mol. The third-order valence-corrected chi connectivity index (χ3v) is 4.31. The Kier molecular flexibility index (Phi) is 7.54. The normalized spacial score (nSPS) is 14.6. The Morgan fingerprint density at radius 2 is 2.22 bits per heavy atom. The molecule has 0 saturated carbocycles. The molecule has 0 amide bonds. The van der Waals surface area contributed by atoms with Gasteiger partial charge in [0.25, 0.3) is 5.09 Å². The molecule has 2 atom stereocenters. The zero-order chi connectivity index (χ0) is 17.3. The lowest BCUT2D eigenvalue weighted by Gasteiger charge is -2.37. The molecule has 0 heterocycles. The quantitative estimate of drug-likeness (QED) is 0.293. The van der Waals surface area contributed by atoms with Crippen LogP contribution in [0.5, 0.6) is 5.75 Å². The van der Waals surface area contributed by atoms with Crippen LogP contribution < -0.4 is 10.5 Å². The number of hydrogen-bond donors (Lipinski definition) is 1. The summed E-state index contributed by atoms with van der Waals surface area (Å²) in [6, 6.07) is 7.72. The van der Waals surface area contributed by atoms with Gasteiger partial charge in [-0.2, -0.15) is 0 Å². The Hall–Kier alpha value is -2.08. The van der Waals surface area contributed by atoms with Crippen LogP contribution in [0.4, 0.5) is 0 Å². The molecule has 0 bridgehead atoms. The minimum absolute atomic E-state index is 0.0978. The SMILES string of the molecule is C=CCC(CC)C(C)(CN)c1cccc(OCCO[N+](=O)[O-])c1. The van der Waals surface area contributed by atoms with Crippen molar-refractivity contribution in [2.24, 2.45) is 11.7 Å². The zero-order valence-corrected chi connectivity index (χ0v) is 13.9. The molecule has 0 aliphatic rings. The van der Waals surface area contributed by atoms with Gasteiger partial charge in [0, 0.05) is 12.0 Å². The van der Waals surface area contributed by atoms with Gasteiger partial charge in [-0.25, -0.2) is 0 Å². The first-order valence-corrected chi connectivity index (χ1v) is 7.79. The summed E-state index contributed by atoms with van der Waals surface area (Å²) in [6.07, 6.45) is 3.82. The minimum Gasteiger partial charge on any atom is -0.492 e. The molecule has 0 radical (unpaired) electrons. The van der Waals surface area contributed by atoms with Crippen molar-refractivity contribution in [2.75, 3.05) is 19.8 Å². The van der Waals surface area contributed by atoms with Gasteiger partial charge in [-0.05, 0) is 30.0 Å². The number of nitrogens with zero attached hydrogens (tertiary/aromatic N) is 1. The highest BCUT2D eigenvalue weighted by atomic mass is 17.0. The van der Waals surface area contributed by atoms with Crippen LogP contribution in [-0.2, 0) is 10.3 Å². The van der Waals surface area contributed by atoms with E-state index in [2.05, 4.69) is 25.3 Å². The third-order valence-electron chi connectivity index (χ3n) is 4.31. The van der Waals surface area contributed by atoms with Gasteiger partial charge in [0.2, 0.25) is 0 Å². The van der Waals surface area contributed by atoms with Gasteiger partial charge in [0.1, 0.15) is 19.0 Å². The fraction of sp³-hybridized carbons (Fsp3) is 0.529. The smallest absolute Gasteiger partial charge is 0.294 e. The summed E-state index contributed by atoms with van der Waals surface area (Å²) in [4.78, 5) is 14.3. The molecule has 0 aliphatic heterocycles. The topological polar surface area (TPSA) is 87.6 Å². The lowest BCUT2D eigenvalue weighted by molar-refractivity contribution is -0.757. The van der Waals surface area contributed by atoms with E-state index >= 15 is 0 Å². The molecule has 0 saturated heterocycles. The molecule has 0 fully saturated rings. The van der Waals surface area contributed by atoms with Crippen molar-refractivity contribution in [1.82, 2.24) is 0 Å². The molecule has 6 heteroatoms. The molecule has 0 aromatic heterocycles. The van der Waals surface area contributed by atoms with E-state index in [4.69, 9.17) is 10.5 Å². The van der Waals surface area contributed by atoms with Gasteiger partial charge < -0.3 is 15.3 Å². The van der Waals surface area contributed by atoms with Crippen LogP contribution in [0.25, 0.3) is 0 Å². The highest BCUT2D eigenvalue weighted by molar-refractivity contribution is 5.34. The lowest BCUT2D eigenvalue weighted by Crippen LogP contribution is -2.39. The van der Waals surface area contributed by atoms with Gasteiger partial charge in [-0.1, -0.05) is 38.5 Å². The molecule has 2 N–H and O–H groups in total. The molecule has 1 aromatic rings. The molecule has 128 valence electrons. The van der Waals surface area contributed by atoms with E-state index in [1.807, 2.05) is 30.3 Å². The van der Waals surface area contributed by atoms with Gasteiger partial charge in [0.15, 0.2) is 0 Å². The summed E-state index contributed by atoms with van der Waals surface area (Å²) in [7, 11) is 0. The van der Waals surface area contributed by atoms with E-state index in [-0.39, 0.29) is 18.6 Å². The van der Waals surface area contributed by atoms with Crippen LogP contribution in [0.1, 0.15) is 32.3 Å². The maximum absolute atomic E-state index is 10.1. The second-order valence-corrected chi connectivity index (χ2v) is 5.68. The Labute approximate surface area is 137 Å². The summed E-state index contributed by atoms with van der Waals surface area (Å²) in [6.45, 7) is 8.68. The number of hydrogen-bond acceptors (Lipinski definition) is 5. The number of ether oxygens (including phenoxy) is 1. The standard InChI is InChI=1S/C17H26N2O4/c1-4-7-14(5-2)17(3,13-18)15-8-6-9-16(12-15)22-10-11-23-19(20)21/h4,6,8-9,12,14H,1,5,7,10-11,13,18H2,2-3H3. The number of nitrogens with two attached hydrogens (primary N) is 1. The number of benzene rings is 1. The molecule has 0 aliphatic carbocycles. The predicted octanol–water partition coefficient (Wildman–Crippen LogP) is 3.09. The van der Waals surface area contributed by atoms with Gasteiger partial charge in [-0.15, -0.1) is 16.7 Å². The molecule has 6 nitrogen and oxygen atoms in total. The van der Waals surface area contributed by atoms with Crippen molar-refractivity contribution in [2.45, 2.75) is 32.1 Å². The maximum Gasteiger partial charge on any atom is 0.294 e. The van der Waals surface area contributed by atoms with E-state index in [0.717, 1.165) is 18.4 Å². The van der Waals surface area contributed by atoms with Crippen LogP contribution in [0.3, 0.4) is 0 Å². The summed E-state index contributed by atoms with van der Waals surface area (Å²) in [5, 5.41) is 9.28. The highest BCUT2D eigenvalue weighted by Crippen LogP contribution is 2.37. The van der Waals surface area contributed by atoms with Gasteiger partial charge in [0.05, 0.1) is 0 Å². The first-order valence-electron chi connectivity index (χ1n) is 7.79. The first kappa shape index (κ1) is 19.0. The van der Waals surface area contributed by atoms with Crippen molar-refractivity contribution in [3.8, 4) is 5.75 Å². The van der Waals surface area contributed by atoms with Crippen molar-refractivity contribution in [3.63, 3.8) is 0 Å². The molecule has 2 unspecified atom stereocenters. The largest absolute Gasteiger partial charge is 0.492 e. The molecular weight excluding hydrogens is 296 g/mol. The average molecular weight is 322 g/mol. The number of rotatable bonds is 11. The Bertz CT molecular complexity index is 521. The first-order chi connectivity index (χ1) is 11.0. The van der Waals surface area contributed by atoms with Crippen LogP contribution >= 0.6 is 0 Å². The Morgan fingerprint density at radius 1 is 1.48 bits per heavy atom. The van der Waals surface area contributed by atoms with E-state index in [1.54, 1.807) is 0 Å². The second-order valence-electron chi connectivity index (χ2n) is 5.68. The summed E-state index contributed by atoms with van der Waals surface area (Å²) in [5.74, 6) is 1.04. The predicted molar refractivity (Wildman–Crippen MR) is 89.9 cm³/mol. The molecule has 1 aromatic carbocycles. The third kappa shape index (κ3) is 5.25. The van der Waals surface area contributed by atoms with Crippen LogP contribution in [0.15, 0.2) is 36.9 Å². The fourth-order valence-electron chi connectivity index (χ4n) is 2.81. The molecule has 1 rings (SSSR count). The van der Waals surface area contributed by atoms with E-state index in [9.17, 15) is 10.1 Å². The highest BCUT2D eigenvalue weighted by Gasteiger charge is 2.33. The van der Waals surface area contributed by atoms with Gasteiger partial charge in [-0.3, -0.25) is 0 Å².